The molecule has 1 heterocycles. The van der Waals surface area contributed by atoms with E-state index in [1.807, 2.05) is 12.2 Å². The minimum Gasteiger partial charge on any atom is -0.313 e. The minimum atomic E-state index is 1.19. The maximum atomic E-state index is 3.89. The SMILES string of the molecule is C=C/C=C\C1=C(C)N(c2cccc(C)c2)c2cccc3cc(C(/C=C\C)=C/C)cc1c23. The van der Waals surface area contributed by atoms with E-state index in [4.69, 9.17) is 0 Å². The van der Waals surface area contributed by atoms with Crippen molar-refractivity contribution in [2.24, 2.45) is 0 Å². The fourth-order valence-electron chi connectivity index (χ4n) is 4.48. The topological polar surface area (TPSA) is 3.24 Å². The number of hydrogen-bond acceptors (Lipinski definition) is 1. The molecule has 0 atom stereocenters. The van der Waals surface area contributed by atoms with Crippen LogP contribution >= 0.6 is 0 Å². The highest BCUT2D eigenvalue weighted by molar-refractivity contribution is 6.10. The summed E-state index contributed by atoms with van der Waals surface area (Å²) in [6, 6.07) is 20.0. The first kappa shape index (κ1) is 20.7. The van der Waals surface area contributed by atoms with Gasteiger partial charge in [-0.2, -0.15) is 0 Å². The first-order valence-corrected chi connectivity index (χ1v) is 10.8. The molecule has 1 aliphatic heterocycles. The Balaban J connectivity index is 2.08. The Kier molecular flexibility index (Phi) is 5.77. The minimum absolute atomic E-state index is 1.19. The van der Waals surface area contributed by atoms with E-state index < -0.39 is 0 Å². The number of nitrogens with zero attached hydrogens (tertiary/aromatic N) is 1. The van der Waals surface area contributed by atoms with Gasteiger partial charge in [0.1, 0.15) is 0 Å². The summed E-state index contributed by atoms with van der Waals surface area (Å²) in [7, 11) is 0. The molecule has 1 heteroatoms. The lowest BCUT2D eigenvalue weighted by molar-refractivity contribution is 1.15. The van der Waals surface area contributed by atoms with Crippen molar-refractivity contribution in [3.63, 3.8) is 0 Å². The number of anilines is 2. The quantitative estimate of drug-likeness (QED) is 0.385. The average molecular weight is 404 g/mol. The largest absolute Gasteiger partial charge is 0.313 e. The number of hydrogen-bond donors (Lipinski definition) is 0. The van der Waals surface area contributed by atoms with Gasteiger partial charge < -0.3 is 4.90 Å². The van der Waals surface area contributed by atoms with E-state index in [0.717, 1.165) is 0 Å². The molecule has 0 radical (unpaired) electrons. The Morgan fingerprint density at radius 2 is 1.77 bits per heavy atom. The number of rotatable bonds is 5. The number of allylic oxidation sites excluding steroid dienone is 9. The van der Waals surface area contributed by atoms with E-state index in [0.29, 0.717) is 0 Å². The molecule has 0 N–H and O–H groups in total. The van der Waals surface area contributed by atoms with Crippen LogP contribution in [0.5, 0.6) is 0 Å². The second-order valence-electron chi connectivity index (χ2n) is 7.91. The van der Waals surface area contributed by atoms with Crippen molar-refractivity contribution >= 4 is 33.3 Å². The first-order chi connectivity index (χ1) is 15.1. The molecule has 0 amide bonds. The predicted octanol–water partition coefficient (Wildman–Crippen LogP) is 8.75. The van der Waals surface area contributed by atoms with Gasteiger partial charge in [-0.15, -0.1) is 0 Å². The van der Waals surface area contributed by atoms with Crippen LogP contribution in [0.15, 0.2) is 103 Å². The molecule has 0 saturated heterocycles. The molecule has 0 bridgehead atoms. The highest BCUT2D eigenvalue weighted by atomic mass is 15.2. The van der Waals surface area contributed by atoms with Crippen molar-refractivity contribution < 1.29 is 0 Å². The van der Waals surface area contributed by atoms with Crippen LogP contribution in [0, 0.1) is 6.92 Å². The molecule has 4 rings (SSSR count). The second-order valence-corrected chi connectivity index (χ2v) is 7.91. The van der Waals surface area contributed by atoms with Crippen molar-refractivity contribution in [2.75, 3.05) is 4.90 Å². The molecule has 0 spiro atoms. The van der Waals surface area contributed by atoms with E-state index >= 15 is 0 Å². The van der Waals surface area contributed by atoms with Gasteiger partial charge in [-0.1, -0.05) is 67.3 Å². The fraction of sp³-hybridized carbons (Fsp3) is 0.133. The zero-order chi connectivity index (χ0) is 22.0. The van der Waals surface area contributed by atoms with E-state index in [9.17, 15) is 0 Å². The summed E-state index contributed by atoms with van der Waals surface area (Å²) in [6.45, 7) is 12.4. The van der Waals surface area contributed by atoms with E-state index in [-0.39, 0.29) is 0 Å². The molecule has 0 aliphatic carbocycles. The Morgan fingerprint density at radius 3 is 2.48 bits per heavy atom. The first-order valence-electron chi connectivity index (χ1n) is 10.8. The van der Waals surface area contributed by atoms with Gasteiger partial charge in [0.2, 0.25) is 0 Å². The molecule has 154 valence electrons. The molecule has 1 aliphatic rings. The fourth-order valence-corrected chi connectivity index (χ4v) is 4.48. The monoisotopic (exact) mass is 403 g/mol. The van der Waals surface area contributed by atoms with Gasteiger partial charge in [0.25, 0.3) is 0 Å². The van der Waals surface area contributed by atoms with Crippen LogP contribution < -0.4 is 4.90 Å². The van der Waals surface area contributed by atoms with E-state index in [1.165, 1.54) is 55.7 Å². The zero-order valence-corrected chi connectivity index (χ0v) is 18.8. The van der Waals surface area contributed by atoms with E-state index in [2.05, 4.69) is 118 Å². The lowest BCUT2D eigenvalue weighted by atomic mass is 9.87. The third-order valence-electron chi connectivity index (χ3n) is 5.86. The van der Waals surface area contributed by atoms with Crippen LogP contribution in [0.2, 0.25) is 0 Å². The second kappa shape index (κ2) is 8.65. The van der Waals surface area contributed by atoms with Crippen LogP contribution in [0.1, 0.15) is 37.5 Å². The third-order valence-corrected chi connectivity index (χ3v) is 5.86. The maximum absolute atomic E-state index is 3.89. The van der Waals surface area contributed by atoms with Gasteiger partial charge in [-0.05, 0) is 85.7 Å². The van der Waals surface area contributed by atoms with Gasteiger partial charge in [-0.3, -0.25) is 0 Å². The van der Waals surface area contributed by atoms with Crippen LogP contribution in [-0.2, 0) is 0 Å². The van der Waals surface area contributed by atoms with Gasteiger partial charge in [-0.25, -0.2) is 0 Å². The molecule has 0 saturated carbocycles. The lowest BCUT2D eigenvalue weighted by Crippen LogP contribution is -2.20. The summed E-state index contributed by atoms with van der Waals surface area (Å²) < 4.78 is 0. The summed E-state index contributed by atoms with van der Waals surface area (Å²) in [4.78, 5) is 2.38. The third kappa shape index (κ3) is 3.68. The van der Waals surface area contributed by atoms with E-state index in [1.54, 1.807) is 0 Å². The van der Waals surface area contributed by atoms with Gasteiger partial charge in [0.05, 0.1) is 5.69 Å². The normalized spacial score (nSPS) is 14.3. The van der Waals surface area contributed by atoms with Crippen LogP contribution in [-0.4, -0.2) is 0 Å². The van der Waals surface area contributed by atoms with Crippen molar-refractivity contribution in [3.8, 4) is 0 Å². The predicted molar refractivity (Wildman–Crippen MR) is 138 cm³/mol. The summed E-state index contributed by atoms with van der Waals surface area (Å²) >= 11 is 0. The molecule has 0 fully saturated rings. The molecule has 1 nitrogen and oxygen atoms in total. The van der Waals surface area contributed by atoms with Crippen molar-refractivity contribution in [3.05, 3.63) is 120 Å². The standard InChI is InChI=1S/C30H29N/c1-6-9-16-27-22(5)31(26-15-10-13-21(4)18-26)29-17-11-14-24-19-25(20-28(27)30(24)29)23(8-3)12-7-2/h6-20H,1H2,2-5H3/b12-7-,16-9-,23-8+. The maximum Gasteiger partial charge on any atom is 0.0543 e. The Morgan fingerprint density at radius 1 is 0.968 bits per heavy atom. The van der Waals surface area contributed by atoms with Crippen LogP contribution in [0.4, 0.5) is 11.4 Å². The molecule has 3 aromatic rings. The Hall–Kier alpha value is -3.58. The summed E-state index contributed by atoms with van der Waals surface area (Å²) in [6.07, 6.45) is 12.5. The van der Waals surface area contributed by atoms with Crippen molar-refractivity contribution in [1.82, 2.24) is 0 Å². The summed E-state index contributed by atoms with van der Waals surface area (Å²) in [5.41, 5.74) is 9.85. The summed E-state index contributed by atoms with van der Waals surface area (Å²) in [5, 5.41) is 2.54. The van der Waals surface area contributed by atoms with Gasteiger partial charge >= 0.3 is 0 Å². The lowest BCUT2D eigenvalue weighted by Gasteiger charge is -2.34. The molecule has 0 unspecified atom stereocenters. The molecule has 0 aromatic heterocycles. The number of aryl methyl sites for hydroxylation is 1. The molecule has 31 heavy (non-hydrogen) atoms. The van der Waals surface area contributed by atoms with Crippen molar-refractivity contribution in [2.45, 2.75) is 27.7 Å². The van der Waals surface area contributed by atoms with Crippen LogP contribution in [0.25, 0.3) is 21.9 Å². The smallest absolute Gasteiger partial charge is 0.0543 e. The molecular weight excluding hydrogens is 374 g/mol. The highest BCUT2D eigenvalue weighted by Gasteiger charge is 2.25. The zero-order valence-electron chi connectivity index (χ0n) is 18.8. The average Bonchev–Trinajstić information content (AvgIpc) is 2.77. The van der Waals surface area contributed by atoms with Crippen molar-refractivity contribution in [1.29, 1.82) is 0 Å². The van der Waals surface area contributed by atoms with Gasteiger partial charge in [0.15, 0.2) is 0 Å². The molecular formula is C30H29N. The summed E-state index contributed by atoms with van der Waals surface area (Å²) in [5.74, 6) is 0. The molecule has 3 aromatic carbocycles. The number of benzene rings is 3. The highest BCUT2D eigenvalue weighted by Crippen LogP contribution is 2.46. The Bertz CT molecular complexity index is 1280. The van der Waals surface area contributed by atoms with Gasteiger partial charge in [0, 0.05) is 22.3 Å². The Labute approximate surface area is 186 Å². The van der Waals surface area contributed by atoms with Crippen LogP contribution in [0.3, 0.4) is 0 Å².